The number of hydrogen-bond acceptors (Lipinski definition) is 1. The van der Waals surface area contributed by atoms with Gasteiger partial charge in [0.1, 0.15) is 5.82 Å². The van der Waals surface area contributed by atoms with Crippen LogP contribution in [0.2, 0.25) is 0 Å². The van der Waals surface area contributed by atoms with Crippen molar-refractivity contribution >= 4 is 6.03 Å². The Labute approximate surface area is 87.9 Å². The molecule has 0 saturated carbocycles. The number of benzene rings is 1. The third-order valence-corrected chi connectivity index (χ3v) is 2.44. The second kappa shape index (κ2) is 3.88. The molecule has 0 aromatic heterocycles. The fraction of sp³-hybridized carbons (Fsp3) is 0.364. The normalized spacial score (nSPS) is 20.5. The largest absolute Gasteiger partial charge is 0.334 e. The summed E-state index contributed by atoms with van der Waals surface area (Å²) in [6.07, 6.45) is 0. The van der Waals surface area contributed by atoms with E-state index in [1.807, 2.05) is 6.92 Å². The van der Waals surface area contributed by atoms with Crippen LogP contribution in [0.5, 0.6) is 0 Å². The quantitative estimate of drug-likeness (QED) is 0.788. The van der Waals surface area contributed by atoms with Crippen LogP contribution in [0.1, 0.15) is 12.5 Å². The number of halogens is 1. The Morgan fingerprint density at radius 2 is 2.13 bits per heavy atom. The average Bonchev–Trinajstić information content (AvgIpc) is 2.49. The van der Waals surface area contributed by atoms with E-state index in [1.165, 1.54) is 12.1 Å². The van der Waals surface area contributed by atoms with E-state index in [0.717, 1.165) is 5.56 Å². The van der Waals surface area contributed by atoms with Gasteiger partial charge < -0.3 is 10.2 Å². The van der Waals surface area contributed by atoms with Gasteiger partial charge in [-0.05, 0) is 24.6 Å². The SMILES string of the molecule is CC1CN(Cc2ccc(F)cc2)C(=O)N1. The lowest BCUT2D eigenvalue weighted by Gasteiger charge is -2.13. The maximum atomic E-state index is 12.6. The lowest BCUT2D eigenvalue weighted by molar-refractivity contribution is 0.215. The van der Waals surface area contributed by atoms with Gasteiger partial charge in [0.2, 0.25) is 0 Å². The van der Waals surface area contributed by atoms with Crippen LogP contribution in [0.25, 0.3) is 0 Å². The predicted octanol–water partition coefficient (Wildman–Crippen LogP) is 1.74. The summed E-state index contributed by atoms with van der Waals surface area (Å²) >= 11 is 0. The summed E-state index contributed by atoms with van der Waals surface area (Å²) in [7, 11) is 0. The number of amides is 2. The summed E-state index contributed by atoms with van der Waals surface area (Å²) in [4.78, 5) is 13.1. The topological polar surface area (TPSA) is 32.3 Å². The number of nitrogens with one attached hydrogen (secondary N) is 1. The first-order chi connectivity index (χ1) is 7.15. The molecule has 80 valence electrons. The maximum Gasteiger partial charge on any atom is 0.318 e. The molecule has 0 spiro atoms. The molecule has 2 rings (SSSR count). The fourth-order valence-corrected chi connectivity index (χ4v) is 1.71. The molecule has 1 N–H and O–H groups in total. The van der Waals surface area contributed by atoms with E-state index < -0.39 is 0 Å². The fourth-order valence-electron chi connectivity index (χ4n) is 1.71. The Morgan fingerprint density at radius 1 is 1.47 bits per heavy atom. The van der Waals surface area contributed by atoms with Crippen molar-refractivity contribution in [1.82, 2.24) is 10.2 Å². The van der Waals surface area contributed by atoms with Crippen molar-refractivity contribution in [1.29, 1.82) is 0 Å². The molecule has 1 heterocycles. The van der Waals surface area contributed by atoms with Gasteiger partial charge in [0.25, 0.3) is 0 Å². The highest BCUT2D eigenvalue weighted by Gasteiger charge is 2.24. The molecule has 4 heteroatoms. The molecule has 1 fully saturated rings. The first-order valence-electron chi connectivity index (χ1n) is 4.95. The standard InChI is InChI=1S/C11H13FN2O/c1-8-6-14(11(15)13-8)7-9-2-4-10(12)5-3-9/h2-5,8H,6-7H2,1H3,(H,13,15). The van der Waals surface area contributed by atoms with Gasteiger partial charge in [-0.3, -0.25) is 0 Å². The molecule has 1 aliphatic heterocycles. The molecular formula is C11H13FN2O. The van der Waals surface area contributed by atoms with Crippen LogP contribution in [0.3, 0.4) is 0 Å². The van der Waals surface area contributed by atoms with Gasteiger partial charge in [-0.1, -0.05) is 12.1 Å². The number of carbonyl (C=O) groups excluding carboxylic acids is 1. The highest BCUT2D eigenvalue weighted by molar-refractivity contribution is 5.76. The van der Waals surface area contributed by atoms with Crippen LogP contribution >= 0.6 is 0 Å². The van der Waals surface area contributed by atoms with Crippen LogP contribution in [-0.2, 0) is 6.54 Å². The first kappa shape index (κ1) is 9.96. The maximum absolute atomic E-state index is 12.6. The summed E-state index contributed by atoms with van der Waals surface area (Å²) in [6.45, 7) is 3.20. The molecule has 1 aromatic rings. The monoisotopic (exact) mass is 208 g/mol. The Hall–Kier alpha value is -1.58. The number of nitrogens with zero attached hydrogens (tertiary/aromatic N) is 1. The Balaban J connectivity index is 2.03. The molecule has 1 saturated heterocycles. The third-order valence-electron chi connectivity index (χ3n) is 2.44. The van der Waals surface area contributed by atoms with E-state index in [2.05, 4.69) is 5.32 Å². The molecule has 1 unspecified atom stereocenters. The summed E-state index contributed by atoms with van der Waals surface area (Å²) < 4.78 is 12.6. The predicted molar refractivity (Wildman–Crippen MR) is 54.8 cm³/mol. The van der Waals surface area contributed by atoms with Gasteiger partial charge in [-0.2, -0.15) is 0 Å². The Kier molecular flexibility index (Phi) is 2.58. The molecule has 0 aliphatic carbocycles. The van der Waals surface area contributed by atoms with Crippen molar-refractivity contribution in [3.05, 3.63) is 35.6 Å². The zero-order valence-corrected chi connectivity index (χ0v) is 8.53. The second-order valence-electron chi connectivity index (χ2n) is 3.86. The van der Waals surface area contributed by atoms with Gasteiger partial charge in [-0.25, -0.2) is 9.18 Å². The van der Waals surface area contributed by atoms with E-state index in [-0.39, 0.29) is 17.9 Å². The molecule has 1 aliphatic rings. The zero-order chi connectivity index (χ0) is 10.8. The van der Waals surface area contributed by atoms with Crippen molar-refractivity contribution in [3.8, 4) is 0 Å². The Bertz CT molecular complexity index is 363. The van der Waals surface area contributed by atoms with Gasteiger partial charge in [0.05, 0.1) is 0 Å². The van der Waals surface area contributed by atoms with Crippen molar-refractivity contribution < 1.29 is 9.18 Å². The number of rotatable bonds is 2. The molecule has 1 atom stereocenters. The zero-order valence-electron chi connectivity index (χ0n) is 8.53. The first-order valence-corrected chi connectivity index (χ1v) is 4.95. The van der Waals surface area contributed by atoms with Gasteiger partial charge in [0, 0.05) is 19.1 Å². The lowest BCUT2D eigenvalue weighted by Crippen LogP contribution is -2.27. The van der Waals surface area contributed by atoms with E-state index in [9.17, 15) is 9.18 Å². The van der Waals surface area contributed by atoms with Crippen LogP contribution in [0.4, 0.5) is 9.18 Å². The highest BCUT2D eigenvalue weighted by Crippen LogP contribution is 2.10. The Morgan fingerprint density at radius 3 is 2.67 bits per heavy atom. The minimum atomic E-state index is -0.252. The minimum absolute atomic E-state index is 0.0492. The second-order valence-corrected chi connectivity index (χ2v) is 3.86. The van der Waals surface area contributed by atoms with Crippen molar-refractivity contribution in [2.24, 2.45) is 0 Å². The van der Waals surface area contributed by atoms with E-state index >= 15 is 0 Å². The molecular weight excluding hydrogens is 195 g/mol. The molecule has 15 heavy (non-hydrogen) atoms. The molecule has 3 nitrogen and oxygen atoms in total. The summed E-state index contributed by atoms with van der Waals surface area (Å²) in [5.74, 6) is -0.252. The van der Waals surface area contributed by atoms with Crippen molar-refractivity contribution in [2.45, 2.75) is 19.5 Å². The summed E-state index contributed by atoms with van der Waals surface area (Å²) in [6, 6.07) is 6.36. The van der Waals surface area contributed by atoms with Crippen LogP contribution in [0.15, 0.2) is 24.3 Å². The lowest BCUT2D eigenvalue weighted by atomic mass is 10.2. The van der Waals surface area contributed by atoms with Gasteiger partial charge in [-0.15, -0.1) is 0 Å². The smallest absolute Gasteiger partial charge is 0.318 e. The summed E-state index contributed by atoms with van der Waals surface area (Å²) in [5, 5.41) is 2.81. The van der Waals surface area contributed by atoms with E-state index in [0.29, 0.717) is 13.1 Å². The van der Waals surface area contributed by atoms with Crippen LogP contribution in [0, 0.1) is 5.82 Å². The molecule has 0 bridgehead atoms. The number of hydrogen-bond donors (Lipinski definition) is 1. The highest BCUT2D eigenvalue weighted by atomic mass is 19.1. The number of carbonyl (C=O) groups is 1. The van der Waals surface area contributed by atoms with Crippen molar-refractivity contribution in [3.63, 3.8) is 0 Å². The number of urea groups is 1. The minimum Gasteiger partial charge on any atom is -0.334 e. The molecule has 2 amide bonds. The van der Waals surface area contributed by atoms with E-state index in [4.69, 9.17) is 0 Å². The third kappa shape index (κ3) is 2.26. The average molecular weight is 208 g/mol. The molecule has 1 aromatic carbocycles. The van der Waals surface area contributed by atoms with E-state index in [1.54, 1.807) is 17.0 Å². The van der Waals surface area contributed by atoms with Gasteiger partial charge >= 0.3 is 6.03 Å². The van der Waals surface area contributed by atoms with Crippen LogP contribution in [-0.4, -0.2) is 23.5 Å². The van der Waals surface area contributed by atoms with Crippen LogP contribution < -0.4 is 5.32 Å². The summed E-state index contributed by atoms with van der Waals surface area (Å²) in [5.41, 5.74) is 0.945. The van der Waals surface area contributed by atoms with Crippen molar-refractivity contribution in [2.75, 3.05) is 6.54 Å². The van der Waals surface area contributed by atoms with Gasteiger partial charge in [0.15, 0.2) is 0 Å². The molecule has 0 radical (unpaired) electrons.